The van der Waals surface area contributed by atoms with Gasteiger partial charge in [-0.2, -0.15) is 0 Å². The molecule has 0 aliphatic heterocycles. The highest BCUT2D eigenvalue weighted by molar-refractivity contribution is 5.38. The van der Waals surface area contributed by atoms with E-state index in [1.807, 2.05) is 32.3 Å². The van der Waals surface area contributed by atoms with Crippen LogP contribution in [-0.2, 0) is 11.3 Å². The van der Waals surface area contributed by atoms with Gasteiger partial charge in [0.1, 0.15) is 11.5 Å². The van der Waals surface area contributed by atoms with Gasteiger partial charge < -0.3 is 24.4 Å². The maximum Gasteiger partial charge on any atom is 0.122 e. The van der Waals surface area contributed by atoms with Crippen molar-refractivity contribution in [3.63, 3.8) is 0 Å². The van der Waals surface area contributed by atoms with Crippen LogP contribution in [0.4, 0.5) is 0 Å². The van der Waals surface area contributed by atoms with Crippen molar-refractivity contribution in [2.45, 2.75) is 6.54 Å². The molecule has 0 aliphatic rings. The standard InChI is InChI=1S/C15H26N2O3/c1-17(2)6-8-20-7-5-16-12-13-9-14(18-3)11-15(10-13)19-4/h9-11,16H,5-8,12H2,1-4H3. The van der Waals surface area contributed by atoms with Crippen LogP contribution >= 0.6 is 0 Å². The lowest BCUT2D eigenvalue weighted by molar-refractivity contribution is 0.119. The summed E-state index contributed by atoms with van der Waals surface area (Å²) in [5, 5.41) is 3.34. The molecule has 0 radical (unpaired) electrons. The number of likely N-dealkylation sites (N-methyl/N-ethyl adjacent to an activating group) is 1. The molecule has 0 heterocycles. The normalized spacial score (nSPS) is 10.8. The fourth-order valence-corrected chi connectivity index (χ4v) is 1.69. The molecule has 1 rings (SSSR count). The number of nitrogens with one attached hydrogen (secondary N) is 1. The molecule has 0 bridgehead atoms. The van der Waals surface area contributed by atoms with E-state index in [4.69, 9.17) is 14.2 Å². The summed E-state index contributed by atoms with van der Waals surface area (Å²) in [7, 11) is 7.39. The predicted molar refractivity (Wildman–Crippen MR) is 80.6 cm³/mol. The van der Waals surface area contributed by atoms with Gasteiger partial charge in [-0.3, -0.25) is 0 Å². The van der Waals surface area contributed by atoms with E-state index in [2.05, 4.69) is 10.2 Å². The average Bonchev–Trinajstić information content (AvgIpc) is 2.45. The molecule has 1 aromatic carbocycles. The van der Waals surface area contributed by atoms with Crippen LogP contribution in [0.3, 0.4) is 0 Å². The van der Waals surface area contributed by atoms with E-state index in [9.17, 15) is 0 Å². The number of benzene rings is 1. The molecule has 0 aliphatic carbocycles. The quantitative estimate of drug-likeness (QED) is 0.657. The number of rotatable bonds is 10. The van der Waals surface area contributed by atoms with Crippen molar-refractivity contribution in [3.8, 4) is 11.5 Å². The van der Waals surface area contributed by atoms with Gasteiger partial charge >= 0.3 is 0 Å². The lowest BCUT2D eigenvalue weighted by atomic mass is 10.2. The second-order valence-electron chi connectivity index (χ2n) is 4.81. The summed E-state index contributed by atoms with van der Waals surface area (Å²) in [6.45, 7) is 4.03. The Kier molecular flexibility index (Phi) is 8.02. The fraction of sp³-hybridized carbons (Fsp3) is 0.600. The maximum absolute atomic E-state index is 5.52. The summed E-state index contributed by atoms with van der Waals surface area (Å²) in [5.41, 5.74) is 1.13. The summed E-state index contributed by atoms with van der Waals surface area (Å²) in [6, 6.07) is 5.87. The van der Waals surface area contributed by atoms with E-state index in [0.717, 1.165) is 49.9 Å². The van der Waals surface area contributed by atoms with Gasteiger partial charge in [0.25, 0.3) is 0 Å². The molecule has 5 nitrogen and oxygen atoms in total. The van der Waals surface area contributed by atoms with Gasteiger partial charge in [-0.1, -0.05) is 0 Å². The molecule has 1 N–H and O–H groups in total. The van der Waals surface area contributed by atoms with Crippen molar-refractivity contribution in [2.75, 3.05) is 54.6 Å². The second-order valence-corrected chi connectivity index (χ2v) is 4.81. The number of hydrogen-bond acceptors (Lipinski definition) is 5. The Balaban J connectivity index is 2.24. The van der Waals surface area contributed by atoms with Crippen molar-refractivity contribution < 1.29 is 14.2 Å². The van der Waals surface area contributed by atoms with Gasteiger partial charge in [0.15, 0.2) is 0 Å². The Morgan fingerprint density at radius 3 is 2.20 bits per heavy atom. The highest BCUT2D eigenvalue weighted by Gasteiger charge is 2.01. The molecule has 0 spiro atoms. The summed E-state index contributed by atoms with van der Waals surface area (Å²) < 4.78 is 16.0. The molecule has 114 valence electrons. The maximum atomic E-state index is 5.52. The number of hydrogen-bond donors (Lipinski definition) is 1. The summed E-state index contributed by atoms with van der Waals surface area (Å²) in [5.74, 6) is 1.62. The van der Waals surface area contributed by atoms with E-state index in [0.29, 0.717) is 0 Å². The zero-order chi connectivity index (χ0) is 14.8. The Bertz CT molecular complexity index is 361. The van der Waals surface area contributed by atoms with Crippen molar-refractivity contribution in [3.05, 3.63) is 23.8 Å². The van der Waals surface area contributed by atoms with Crippen molar-refractivity contribution in [1.82, 2.24) is 10.2 Å². The molecule has 20 heavy (non-hydrogen) atoms. The molecule has 0 aromatic heterocycles. The minimum Gasteiger partial charge on any atom is -0.497 e. The Morgan fingerprint density at radius 1 is 1.00 bits per heavy atom. The van der Waals surface area contributed by atoms with Gasteiger partial charge in [-0.25, -0.2) is 0 Å². The molecule has 0 saturated heterocycles. The molecular weight excluding hydrogens is 256 g/mol. The van der Waals surface area contributed by atoms with Crippen LogP contribution in [0.2, 0.25) is 0 Å². The van der Waals surface area contributed by atoms with Crippen LogP contribution in [0.5, 0.6) is 11.5 Å². The van der Waals surface area contributed by atoms with E-state index in [-0.39, 0.29) is 0 Å². The van der Waals surface area contributed by atoms with E-state index >= 15 is 0 Å². The molecule has 0 saturated carbocycles. The largest absolute Gasteiger partial charge is 0.497 e. The first-order chi connectivity index (χ1) is 9.65. The first kappa shape index (κ1) is 16.8. The van der Waals surface area contributed by atoms with Crippen LogP contribution in [0.25, 0.3) is 0 Å². The smallest absolute Gasteiger partial charge is 0.122 e. The van der Waals surface area contributed by atoms with Gasteiger partial charge in [-0.15, -0.1) is 0 Å². The molecule has 0 atom stereocenters. The van der Waals surface area contributed by atoms with Crippen LogP contribution in [0.1, 0.15) is 5.56 Å². The number of methoxy groups -OCH3 is 2. The summed E-state index contributed by atoms with van der Waals surface area (Å²) in [6.07, 6.45) is 0. The van der Waals surface area contributed by atoms with Crippen molar-refractivity contribution >= 4 is 0 Å². The zero-order valence-corrected chi connectivity index (χ0v) is 12.9. The average molecular weight is 282 g/mol. The topological polar surface area (TPSA) is 43.0 Å². The first-order valence-corrected chi connectivity index (χ1v) is 6.81. The minimum absolute atomic E-state index is 0.717. The SMILES string of the molecule is COc1cc(CNCCOCCN(C)C)cc(OC)c1. The number of ether oxygens (including phenoxy) is 3. The number of nitrogens with zero attached hydrogens (tertiary/aromatic N) is 1. The van der Waals surface area contributed by atoms with Gasteiger partial charge in [0.05, 0.1) is 27.4 Å². The first-order valence-electron chi connectivity index (χ1n) is 6.81. The third-order valence-corrected chi connectivity index (χ3v) is 2.85. The van der Waals surface area contributed by atoms with Crippen LogP contribution in [0, 0.1) is 0 Å². The van der Waals surface area contributed by atoms with E-state index < -0.39 is 0 Å². The Labute approximate surface area is 121 Å². The molecule has 5 heteroatoms. The summed E-state index contributed by atoms with van der Waals surface area (Å²) >= 11 is 0. The lowest BCUT2D eigenvalue weighted by Crippen LogP contribution is -2.23. The Morgan fingerprint density at radius 2 is 1.65 bits per heavy atom. The third-order valence-electron chi connectivity index (χ3n) is 2.85. The van der Waals surface area contributed by atoms with E-state index in [1.54, 1.807) is 14.2 Å². The molecule has 1 aromatic rings. The van der Waals surface area contributed by atoms with Crippen LogP contribution in [-0.4, -0.2) is 59.5 Å². The van der Waals surface area contributed by atoms with Crippen LogP contribution in [0.15, 0.2) is 18.2 Å². The highest BCUT2D eigenvalue weighted by atomic mass is 16.5. The molecule has 0 unspecified atom stereocenters. The van der Waals surface area contributed by atoms with E-state index in [1.165, 1.54) is 0 Å². The summed E-state index contributed by atoms with van der Waals surface area (Å²) in [4.78, 5) is 2.11. The lowest BCUT2D eigenvalue weighted by Gasteiger charge is -2.11. The third kappa shape index (κ3) is 6.75. The second kappa shape index (κ2) is 9.58. The Hall–Kier alpha value is -1.30. The van der Waals surface area contributed by atoms with Crippen molar-refractivity contribution in [2.24, 2.45) is 0 Å². The monoisotopic (exact) mass is 282 g/mol. The molecule has 0 amide bonds. The molecule has 0 fully saturated rings. The predicted octanol–water partition coefficient (Wildman–Crippen LogP) is 1.37. The van der Waals surface area contributed by atoms with Gasteiger partial charge in [-0.05, 0) is 31.8 Å². The molecular formula is C15H26N2O3. The zero-order valence-electron chi connectivity index (χ0n) is 12.9. The van der Waals surface area contributed by atoms with Crippen LogP contribution < -0.4 is 14.8 Å². The minimum atomic E-state index is 0.717. The van der Waals surface area contributed by atoms with Gasteiger partial charge in [0, 0.05) is 25.7 Å². The van der Waals surface area contributed by atoms with Crippen molar-refractivity contribution in [1.29, 1.82) is 0 Å². The highest BCUT2D eigenvalue weighted by Crippen LogP contribution is 2.22. The van der Waals surface area contributed by atoms with Gasteiger partial charge in [0.2, 0.25) is 0 Å². The fourth-order valence-electron chi connectivity index (χ4n) is 1.69.